The fourth-order valence-corrected chi connectivity index (χ4v) is 1.60. The summed E-state index contributed by atoms with van der Waals surface area (Å²) >= 11 is 0. The molecule has 17 heavy (non-hydrogen) atoms. The summed E-state index contributed by atoms with van der Waals surface area (Å²) < 4.78 is 0. The molecule has 2 rings (SSSR count). The molecule has 4 nitrogen and oxygen atoms in total. The van der Waals surface area contributed by atoms with E-state index in [0.29, 0.717) is 0 Å². The predicted octanol–water partition coefficient (Wildman–Crippen LogP) is 2.78. The molecule has 0 N–H and O–H groups in total. The van der Waals surface area contributed by atoms with Crippen molar-refractivity contribution in [1.82, 2.24) is 4.98 Å². The first-order chi connectivity index (χ1) is 8.25. The number of aryl methyl sites for hydroxylation is 2. The molecule has 0 aliphatic heterocycles. The van der Waals surface area contributed by atoms with Gasteiger partial charge < -0.3 is 0 Å². The third-order valence-electron chi connectivity index (χ3n) is 2.54. The molecule has 0 saturated heterocycles. The van der Waals surface area contributed by atoms with Crippen LogP contribution in [0.25, 0.3) is 0 Å². The van der Waals surface area contributed by atoms with Crippen LogP contribution in [0.3, 0.4) is 0 Å². The normalized spacial score (nSPS) is 10.1. The van der Waals surface area contributed by atoms with Crippen LogP contribution in [0.2, 0.25) is 0 Å². The Bertz CT molecular complexity index is 495. The van der Waals surface area contributed by atoms with E-state index in [1.807, 2.05) is 18.2 Å². The van der Waals surface area contributed by atoms with Crippen molar-refractivity contribution < 1.29 is 4.92 Å². The molecule has 1 heterocycles. The Morgan fingerprint density at radius 1 is 1.06 bits per heavy atom. The van der Waals surface area contributed by atoms with Crippen LogP contribution in [0.15, 0.2) is 48.7 Å². The van der Waals surface area contributed by atoms with E-state index < -0.39 is 0 Å². The number of non-ortho nitro benzene ring substituents is 1. The number of nitrogens with zero attached hydrogens (tertiary/aromatic N) is 2. The van der Waals surface area contributed by atoms with Crippen molar-refractivity contribution in [3.05, 3.63) is 70.0 Å². The van der Waals surface area contributed by atoms with E-state index in [0.717, 1.165) is 24.1 Å². The highest BCUT2D eigenvalue weighted by atomic mass is 16.6. The van der Waals surface area contributed by atoms with Crippen LogP contribution >= 0.6 is 0 Å². The molecule has 0 atom stereocenters. The number of hydrogen-bond donors (Lipinski definition) is 0. The summed E-state index contributed by atoms with van der Waals surface area (Å²) in [4.78, 5) is 14.3. The topological polar surface area (TPSA) is 56.0 Å². The van der Waals surface area contributed by atoms with Gasteiger partial charge in [0.2, 0.25) is 0 Å². The Hall–Kier alpha value is -2.23. The van der Waals surface area contributed by atoms with Gasteiger partial charge in [-0.1, -0.05) is 18.2 Å². The largest absolute Gasteiger partial charge is 0.269 e. The monoisotopic (exact) mass is 228 g/mol. The van der Waals surface area contributed by atoms with Gasteiger partial charge in [-0.25, -0.2) is 0 Å². The molecular formula is C13H12N2O2. The number of pyridine rings is 1. The Kier molecular flexibility index (Phi) is 3.45. The van der Waals surface area contributed by atoms with E-state index in [1.54, 1.807) is 18.3 Å². The lowest BCUT2D eigenvalue weighted by Gasteiger charge is -2.00. The van der Waals surface area contributed by atoms with Crippen molar-refractivity contribution in [2.75, 3.05) is 0 Å². The van der Waals surface area contributed by atoms with E-state index >= 15 is 0 Å². The molecule has 2 aromatic rings. The summed E-state index contributed by atoms with van der Waals surface area (Å²) in [6.07, 6.45) is 3.46. The standard InChI is InChI=1S/C13H12N2O2/c16-15(17)13-8-5-11(6-9-13)4-7-12-3-1-2-10-14-12/h1-3,5-6,8-10H,4,7H2. The van der Waals surface area contributed by atoms with Crippen LogP contribution in [0.4, 0.5) is 5.69 Å². The van der Waals surface area contributed by atoms with E-state index in [1.165, 1.54) is 12.1 Å². The highest BCUT2D eigenvalue weighted by Crippen LogP contribution is 2.13. The molecule has 0 fully saturated rings. The lowest BCUT2D eigenvalue weighted by molar-refractivity contribution is -0.384. The fourth-order valence-electron chi connectivity index (χ4n) is 1.60. The van der Waals surface area contributed by atoms with E-state index in [2.05, 4.69) is 4.98 Å². The van der Waals surface area contributed by atoms with Crippen LogP contribution in [-0.4, -0.2) is 9.91 Å². The SMILES string of the molecule is O=[N+]([O-])c1ccc(CCc2ccccn2)cc1. The molecule has 0 spiro atoms. The zero-order chi connectivity index (χ0) is 12.1. The minimum Gasteiger partial charge on any atom is -0.261 e. The molecule has 0 aliphatic rings. The van der Waals surface area contributed by atoms with E-state index in [9.17, 15) is 10.1 Å². The maximum Gasteiger partial charge on any atom is 0.269 e. The molecule has 4 heteroatoms. The van der Waals surface area contributed by atoms with Crippen molar-refractivity contribution in [2.24, 2.45) is 0 Å². The summed E-state index contributed by atoms with van der Waals surface area (Å²) in [7, 11) is 0. The lowest BCUT2D eigenvalue weighted by Crippen LogP contribution is -1.94. The second-order valence-corrected chi connectivity index (χ2v) is 3.74. The molecule has 0 aliphatic carbocycles. The van der Waals surface area contributed by atoms with Crippen molar-refractivity contribution in [3.8, 4) is 0 Å². The van der Waals surface area contributed by atoms with Gasteiger partial charge in [-0.2, -0.15) is 0 Å². The van der Waals surface area contributed by atoms with Crippen LogP contribution in [0.1, 0.15) is 11.3 Å². The number of hydrogen-bond acceptors (Lipinski definition) is 3. The van der Waals surface area contributed by atoms with Crippen LogP contribution in [0.5, 0.6) is 0 Å². The Labute approximate surface area is 99.1 Å². The maximum absolute atomic E-state index is 10.5. The van der Waals surface area contributed by atoms with Gasteiger partial charge in [0.15, 0.2) is 0 Å². The van der Waals surface area contributed by atoms with Crippen LogP contribution in [0, 0.1) is 10.1 Å². The third kappa shape index (κ3) is 3.11. The van der Waals surface area contributed by atoms with E-state index in [-0.39, 0.29) is 10.6 Å². The quantitative estimate of drug-likeness (QED) is 0.597. The van der Waals surface area contributed by atoms with Crippen LogP contribution in [-0.2, 0) is 12.8 Å². The Morgan fingerprint density at radius 3 is 2.41 bits per heavy atom. The lowest BCUT2D eigenvalue weighted by atomic mass is 10.1. The summed E-state index contributed by atoms with van der Waals surface area (Å²) in [5.41, 5.74) is 2.25. The molecular weight excluding hydrogens is 216 g/mol. The molecule has 0 unspecified atom stereocenters. The van der Waals surface area contributed by atoms with Crippen molar-refractivity contribution in [3.63, 3.8) is 0 Å². The average molecular weight is 228 g/mol. The number of rotatable bonds is 4. The highest BCUT2D eigenvalue weighted by Gasteiger charge is 2.03. The Morgan fingerprint density at radius 2 is 1.82 bits per heavy atom. The molecule has 1 aromatic carbocycles. The molecule has 1 aromatic heterocycles. The first kappa shape index (κ1) is 11.3. The highest BCUT2D eigenvalue weighted by molar-refractivity contribution is 5.33. The zero-order valence-corrected chi connectivity index (χ0v) is 9.24. The van der Waals surface area contributed by atoms with Crippen molar-refractivity contribution in [1.29, 1.82) is 0 Å². The fraction of sp³-hybridized carbons (Fsp3) is 0.154. The molecule has 0 bridgehead atoms. The molecule has 86 valence electrons. The second-order valence-electron chi connectivity index (χ2n) is 3.74. The number of nitro benzene ring substituents is 1. The van der Waals surface area contributed by atoms with Gasteiger partial charge in [-0.3, -0.25) is 15.1 Å². The number of aromatic nitrogens is 1. The molecule has 0 amide bonds. The molecule has 0 saturated carbocycles. The van der Waals surface area contributed by atoms with Gasteiger partial charge in [0.25, 0.3) is 5.69 Å². The average Bonchev–Trinajstić information content (AvgIpc) is 2.38. The second kappa shape index (κ2) is 5.21. The minimum absolute atomic E-state index is 0.131. The smallest absolute Gasteiger partial charge is 0.261 e. The van der Waals surface area contributed by atoms with Gasteiger partial charge in [-0.05, 0) is 30.5 Å². The summed E-state index contributed by atoms with van der Waals surface area (Å²) in [6, 6.07) is 12.5. The first-order valence-corrected chi connectivity index (χ1v) is 5.39. The maximum atomic E-state index is 10.5. The van der Waals surface area contributed by atoms with Gasteiger partial charge >= 0.3 is 0 Å². The van der Waals surface area contributed by atoms with Gasteiger partial charge in [-0.15, -0.1) is 0 Å². The first-order valence-electron chi connectivity index (χ1n) is 5.39. The summed E-state index contributed by atoms with van der Waals surface area (Å²) in [6.45, 7) is 0. The predicted molar refractivity (Wildman–Crippen MR) is 64.7 cm³/mol. The molecule has 0 radical (unpaired) electrons. The van der Waals surface area contributed by atoms with Crippen LogP contribution < -0.4 is 0 Å². The van der Waals surface area contributed by atoms with Gasteiger partial charge in [0.05, 0.1) is 4.92 Å². The number of benzene rings is 1. The number of nitro groups is 1. The summed E-state index contributed by atoms with van der Waals surface area (Å²) in [5.74, 6) is 0. The minimum atomic E-state index is -0.386. The zero-order valence-electron chi connectivity index (χ0n) is 9.24. The Balaban J connectivity index is 1.98. The van der Waals surface area contributed by atoms with Gasteiger partial charge in [0, 0.05) is 24.0 Å². The van der Waals surface area contributed by atoms with Crippen molar-refractivity contribution in [2.45, 2.75) is 12.8 Å². The van der Waals surface area contributed by atoms with Gasteiger partial charge in [0.1, 0.15) is 0 Å². The van der Waals surface area contributed by atoms with E-state index in [4.69, 9.17) is 0 Å². The summed E-state index contributed by atoms with van der Waals surface area (Å²) in [5, 5.41) is 10.5. The third-order valence-corrected chi connectivity index (χ3v) is 2.54. The van der Waals surface area contributed by atoms with Crippen molar-refractivity contribution >= 4 is 5.69 Å².